The van der Waals surface area contributed by atoms with Crippen LogP contribution in [0.5, 0.6) is 0 Å². The van der Waals surface area contributed by atoms with Crippen LogP contribution in [0.3, 0.4) is 0 Å². The largest absolute Gasteiger partial charge is 0.345 e. The number of hydrogen-bond acceptors (Lipinski definition) is 3. The Morgan fingerprint density at radius 1 is 1.47 bits per heavy atom. The molecule has 0 bridgehead atoms. The van der Waals surface area contributed by atoms with E-state index >= 15 is 0 Å². The molecule has 0 amide bonds. The third-order valence-electron chi connectivity index (χ3n) is 2.92. The molecule has 1 unspecified atom stereocenters. The van der Waals surface area contributed by atoms with Gasteiger partial charge in [-0.15, -0.1) is 0 Å². The minimum atomic E-state index is -0.366. The molecule has 2 N–H and O–H groups in total. The summed E-state index contributed by atoms with van der Waals surface area (Å²) in [6.45, 7) is 2.33. The molecule has 2 rings (SSSR count). The van der Waals surface area contributed by atoms with Crippen molar-refractivity contribution >= 4 is 21.6 Å². The number of halogens is 1. The first-order valence-electron chi connectivity index (χ1n) is 5.82. The van der Waals surface area contributed by atoms with Crippen molar-refractivity contribution in [3.8, 4) is 0 Å². The van der Waals surface area contributed by atoms with Gasteiger partial charge in [-0.25, -0.2) is 0 Å². The molecule has 0 spiro atoms. The van der Waals surface area contributed by atoms with Crippen LogP contribution in [0.2, 0.25) is 0 Å². The van der Waals surface area contributed by atoms with E-state index in [9.17, 15) is 10.1 Å². The van der Waals surface area contributed by atoms with E-state index in [2.05, 4.69) is 15.9 Å². The van der Waals surface area contributed by atoms with E-state index in [0.717, 1.165) is 5.69 Å². The summed E-state index contributed by atoms with van der Waals surface area (Å²) in [4.78, 5) is 10.7. The zero-order valence-corrected chi connectivity index (χ0v) is 12.0. The highest BCUT2D eigenvalue weighted by Gasteiger charge is 2.15. The molecule has 0 fully saturated rings. The molecule has 0 radical (unpaired) electrons. The monoisotopic (exact) mass is 323 g/mol. The van der Waals surface area contributed by atoms with Crippen LogP contribution in [-0.4, -0.2) is 9.49 Å². The lowest BCUT2D eigenvalue weighted by atomic mass is 10.1. The number of nitro groups is 1. The Bertz CT molecular complexity index is 608. The van der Waals surface area contributed by atoms with Crippen molar-refractivity contribution in [1.29, 1.82) is 0 Å². The van der Waals surface area contributed by atoms with E-state index in [1.807, 2.05) is 29.8 Å². The van der Waals surface area contributed by atoms with Gasteiger partial charge in [0.25, 0.3) is 5.69 Å². The van der Waals surface area contributed by atoms with Gasteiger partial charge >= 0.3 is 0 Å². The van der Waals surface area contributed by atoms with Crippen LogP contribution in [0.25, 0.3) is 0 Å². The first-order valence-corrected chi connectivity index (χ1v) is 6.62. The lowest BCUT2D eigenvalue weighted by Crippen LogP contribution is -2.13. The zero-order valence-electron chi connectivity index (χ0n) is 10.4. The summed E-state index contributed by atoms with van der Waals surface area (Å²) in [6, 6.07) is 8.79. The maximum Gasteiger partial charge on any atom is 0.275 e. The fourth-order valence-corrected chi connectivity index (χ4v) is 2.36. The van der Waals surface area contributed by atoms with E-state index in [1.165, 1.54) is 6.07 Å². The van der Waals surface area contributed by atoms with Gasteiger partial charge < -0.3 is 10.3 Å². The first kappa shape index (κ1) is 13.8. The number of benzene rings is 1. The number of nitro benzene ring substituents is 1. The molecule has 1 atom stereocenters. The Labute approximate surface area is 119 Å². The normalized spacial score (nSPS) is 12.4. The summed E-state index contributed by atoms with van der Waals surface area (Å²) < 4.78 is 2.63. The molecule has 5 nitrogen and oxygen atoms in total. The van der Waals surface area contributed by atoms with Gasteiger partial charge in [0.1, 0.15) is 0 Å². The topological polar surface area (TPSA) is 74.1 Å². The molecule has 6 heteroatoms. The number of hydrogen-bond donors (Lipinski definition) is 1. The van der Waals surface area contributed by atoms with Crippen molar-refractivity contribution in [3.05, 3.63) is 62.4 Å². The van der Waals surface area contributed by atoms with Crippen molar-refractivity contribution < 1.29 is 4.92 Å². The highest BCUT2D eigenvalue weighted by molar-refractivity contribution is 9.10. The van der Waals surface area contributed by atoms with E-state index in [4.69, 9.17) is 5.73 Å². The van der Waals surface area contributed by atoms with Crippen LogP contribution in [0.4, 0.5) is 5.69 Å². The van der Waals surface area contributed by atoms with Gasteiger partial charge in [0.05, 0.1) is 11.5 Å². The summed E-state index contributed by atoms with van der Waals surface area (Å²) in [5.41, 5.74) is 7.60. The maximum absolute atomic E-state index is 11.1. The minimum Gasteiger partial charge on any atom is -0.345 e. The molecule has 0 saturated heterocycles. The van der Waals surface area contributed by atoms with Crippen LogP contribution in [0, 0.1) is 10.1 Å². The van der Waals surface area contributed by atoms with Gasteiger partial charge in [-0.3, -0.25) is 10.1 Å². The Kier molecular flexibility index (Phi) is 4.01. The summed E-state index contributed by atoms with van der Waals surface area (Å²) in [7, 11) is 0. The molecule has 0 saturated carbocycles. The molecule has 100 valence electrons. The van der Waals surface area contributed by atoms with Crippen LogP contribution in [0.15, 0.2) is 41.0 Å². The lowest BCUT2D eigenvalue weighted by molar-refractivity contribution is -0.385. The van der Waals surface area contributed by atoms with E-state index < -0.39 is 0 Å². The SMILES string of the molecule is CC(N)c1cccn1Cc1ccc(Br)cc1[N+](=O)[O-]. The second-order valence-corrected chi connectivity index (χ2v) is 5.30. The zero-order chi connectivity index (χ0) is 14.0. The van der Waals surface area contributed by atoms with Gasteiger partial charge in [-0.1, -0.05) is 15.9 Å². The maximum atomic E-state index is 11.1. The van der Waals surface area contributed by atoms with Gasteiger partial charge in [-0.2, -0.15) is 0 Å². The third-order valence-corrected chi connectivity index (χ3v) is 3.41. The van der Waals surface area contributed by atoms with Gasteiger partial charge in [-0.05, 0) is 31.2 Å². The predicted molar refractivity (Wildman–Crippen MR) is 76.9 cm³/mol. The van der Waals surface area contributed by atoms with Crippen LogP contribution in [0.1, 0.15) is 24.2 Å². The van der Waals surface area contributed by atoms with Crippen molar-refractivity contribution in [3.63, 3.8) is 0 Å². The fourth-order valence-electron chi connectivity index (χ4n) is 2.01. The van der Waals surface area contributed by atoms with Gasteiger partial charge in [0.2, 0.25) is 0 Å². The molecule has 1 heterocycles. The van der Waals surface area contributed by atoms with E-state index in [0.29, 0.717) is 16.6 Å². The van der Waals surface area contributed by atoms with Crippen molar-refractivity contribution in [1.82, 2.24) is 4.57 Å². The molecule has 19 heavy (non-hydrogen) atoms. The number of nitrogens with zero attached hydrogens (tertiary/aromatic N) is 2. The molecular formula is C13H14BrN3O2. The second-order valence-electron chi connectivity index (χ2n) is 4.38. The minimum absolute atomic E-state index is 0.107. The number of aromatic nitrogens is 1. The van der Waals surface area contributed by atoms with Crippen LogP contribution < -0.4 is 5.73 Å². The van der Waals surface area contributed by atoms with Crippen molar-refractivity contribution in [2.75, 3.05) is 0 Å². The highest BCUT2D eigenvalue weighted by atomic mass is 79.9. The second kappa shape index (κ2) is 5.54. The third kappa shape index (κ3) is 3.02. The molecule has 2 aromatic rings. The molecule has 1 aromatic heterocycles. The molecule has 1 aromatic carbocycles. The molecule has 0 aliphatic carbocycles. The Hall–Kier alpha value is -1.66. The predicted octanol–water partition coefficient (Wildman–Crippen LogP) is 3.23. The number of nitrogens with two attached hydrogens (primary N) is 1. The highest BCUT2D eigenvalue weighted by Crippen LogP contribution is 2.25. The summed E-state index contributed by atoms with van der Waals surface area (Å²) >= 11 is 3.25. The van der Waals surface area contributed by atoms with E-state index in [1.54, 1.807) is 12.1 Å². The van der Waals surface area contributed by atoms with Crippen LogP contribution in [-0.2, 0) is 6.54 Å². The first-order chi connectivity index (χ1) is 8.99. The smallest absolute Gasteiger partial charge is 0.275 e. The average molecular weight is 324 g/mol. The van der Waals surface area contributed by atoms with Gasteiger partial charge in [0.15, 0.2) is 0 Å². The Morgan fingerprint density at radius 3 is 2.84 bits per heavy atom. The summed E-state index contributed by atoms with van der Waals surface area (Å²) in [5.74, 6) is 0. The molecular weight excluding hydrogens is 310 g/mol. The molecule has 0 aliphatic heterocycles. The van der Waals surface area contributed by atoms with E-state index in [-0.39, 0.29) is 16.7 Å². The van der Waals surface area contributed by atoms with Crippen LogP contribution >= 0.6 is 15.9 Å². The quantitative estimate of drug-likeness (QED) is 0.693. The summed E-state index contributed by atoms with van der Waals surface area (Å²) in [5, 5.41) is 11.1. The number of rotatable bonds is 4. The van der Waals surface area contributed by atoms with Gasteiger partial charge in [0, 0.05) is 34.0 Å². The lowest BCUT2D eigenvalue weighted by Gasteiger charge is -2.12. The molecule has 0 aliphatic rings. The fraction of sp³-hybridized carbons (Fsp3) is 0.231. The summed E-state index contributed by atoms with van der Waals surface area (Å²) in [6.07, 6.45) is 1.88. The van der Waals surface area contributed by atoms with Crippen molar-refractivity contribution in [2.45, 2.75) is 19.5 Å². The average Bonchev–Trinajstić information content (AvgIpc) is 2.79. The Balaban J connectivity index is 2.38. The van der Waals surface area contributed by atoms with Crippen molar-refractivity contribution in [2.24, 2.45) is 5.73 Å². The Morgan fingerprint density at radius 2 is 2.21 bits per heavy atom. The standard InChI is InChI=1S/C13H14BrN3O2/c1-9(15)12-3-2-6-16(12)8-10-4-5-11(14)7-13(10)17(18)19/h2-7,9H,8,15H2,1H3.